The van der Waals surface area contributed by atoms with Crippen LogP contribution in [0.1, 0.15) is 37.3 Å². The van der Waals surface area contributed by atoms with E-state index in [4.69, 9.17) is 0 Å². The molecular formula is C18H24N6O2. The van der Waals surface area contributed by atoms with Gasteiger partial charge in [-0.1, -0.05) is 0 Å². The summed E-state index contributed by atoms with van der Waals surface area (Å²) in [6.45, 7) is 2.07. The van der Waals surface area contributed by atoms with E-state index in [1.54, 1.807) is 17.2 Å². The van der Waals surface area contributed by atoms with Crippen molar-refractivity contribution in [1.82, 2.24) is 25.1 Å². The fraction of sp³-hybridized carbons (Fsp3) is 0.556. The first kappa shape index (κ1) is 17.0. The van der Waals surface area contributed by atoms with Crippen LogP contribution in [0.3, 0.4) is 0 Å². The van der Waals surface area contributed by atoms with E-state index >= 15 is 0 Å². The highest BCUT2D eigenvalue weighted by molar-refractivity contribution is 5.76. The van der Waals surface area contributed by atoms with Crippen molar-refractivity contribution in [3.63, 3.8) is 0 Å². The van der Waals surface area contributed by atoms with Crippen LogP contribution in [0.15, 0.2) is 30.9 Å². The number of amides is 1. The summed E-state index contributed by atoms with van der Waals surface area (Å²) in [5.41, 5.74) is 1.03. The van der Waals surface area contributed by atoms with Crippen molar-refractivity contribution in [2.75, 3.05) is 18.0 Å². The quantitative estimate of drug-likeness (QED) is 0.791. The lowest BCUT2D eigenvalue weighted by Gasteiger charge is -2.35. The zero-order chi connectivity index (χ0) is 17.9. The van der Waals surface area contributed by atoms with Gasteiger partial charge in [0.15, 0.2) is 0 Å². The second kappa shape index (κ2) is 7.41. The number of anilines is 1. The van der Waals surface area contributed by atoms with E-state index in [-0.39, 0.29) is 18.1 Å². The summed E-state index contributed by atoms with van der Waals surface area (Å²) in [6, 6.07) is 4.10. The molecule has 2 aromatic heterocycles. The summed E-state index contributed by atoms with van der Waals surface area (Å²) >= 11 is 0. The molecule has 2 aromatic rings. The van der Waals surface area contributed by atoms with Gasteiger partial charge in [-0.15, -0.1) is 0 Å². The maximum atomic E-state index is 12.0. The number of hydrogen-bond acceptors (Lipinski definition) is 6. The van der Waals surface area contributed by atoms with Crippen LogP contribution in [0, 0.1) is 0 Å². The third-order valence-corrected chi connectivity index (χ3v) is 5.21. The number of nitrogens with zero attached hydrogens (tertiary/aromatic N) is 5. The molecule has 1 atom stereocenters. The Hall–Kier alpha value is -2.48. The molecule has 4 rings (SSSR count). The van der Waals surface area contributed by atoms with Crippen LogP contribution in [0.25, 0.3) is 0 Å². The van der Waals surface area contributed by atoms with E-state index in [1.165, 1.54) is 0 Å². The molecule has 2 fully saturated rings. The molecule has 2 aliphatic rings. The lowest BCUT2D eigenvalue weighted by Crippen LogP contribution is -2.43. The number of hydrogen-bond donors (Lipinski definition) is 2. The Kier molecular flexibility index (Phi) is 4.83. The molecule has 8 heteroatoms. The fourth-order valence-corrected chi connectivity index (χ4v) is 3.63. The van der Waals surface area contributed by atoms with Gasteiger partial charge in [0.25, 0.3) is 0 Å². The van der Waals surface area contributed by atoms with Crippen molar-refractivity contribution < 1.29 is 9.90 Å². The topological polar surface area (TPSA) is 96.2 Å². The molecular weight excluding hydrogens is 332 g/mol. The third-order valence-electron chi connectivity index (χ3n) is 5.21. The third kappa shape index (κ3) is 3.85. The number of aromatic nitrogens is 4. The molecule has 138 valence electrons. The predicted octanol–water partition coefficient (Wildman–Crippen LogP) is 0.697. The molecule has 1 saturated heterocycles. The number of β-amino-alcohol motifs (C(OH)–C–C–N with tert-alkyl or cyclic N) is 1. The number of aliphatic hydroxyl groups excluding tert-OH is 1. The zero-order valence-corrected chi connectivity index (χ0v) is 14.7. The molecule has 1 aliphatic carbocycles. The molecule has 0 radical (unpaired) electrons. The molecule has 3 heterocycles. The minimum atomic E-state index is -0.265. The molecule has 0 aromatic carbocycles. The molecule has 2 N–H and O–H groups in total. The standard InChI is InChI=1S/C18H24N6O2/c25-15-2-6-23(11-15)17-10-16(19-12-20-17)13-8-14(9-13)22-18(26)3-7-24-5-1-4-21-24/h1,4-5,10,12-15,25H,2-3,6-9,11H2,(H,22,26). The Morgan fingerprint density at radius 1 is 1.35 bits per heavy atom. The summed E-state index contributed by atoms with van der Waals surface area (Å²) in [5.74, 6) is 1.32. The molecule has 1 saturated carbocycles. The summed E-state index contributed by atoms with van der Waals surface area (Å²) in [5, 5.41) is 16.9. The molecule has 0 bridgehead atoms. The molecule has 0 spiro atoms. The number of aliphatic hydroxyl groups is 1. The summed E-state index contributed by atoms with van der Waals surface area (Å²) in [6.07, 6.45) is 7.96. The number of carbonyl (C=O) groups excluding carboxylic acids is 1. The number of nitrogens with one attached hydrogen (secondary N) is 1. The van der Waals surface area contributed by atoms with Crippen LogP contribution < -0.4 is 10.2 Å². The Labute approximate surface area is 152 Å². The van der Waals surface area contributed by atoms with Crippen LogP contribution >= 0.6 is 0 Å². The Balaban J connectivity index is 1.25. The normalized spacial score (nSPS) is 25.1. The first-order chi connectivity index (χ1) is 12.7. The van der Waals surface area contributed by atoms with Gasteiger partial charge in [0.05, 0.1) is 6.10 Å². The van der Waals surface area contributed by atoms with Crippen molar-refractivity contribution in [2.45, 2.75) is 50.3 Å². The number of carbonyl (C=O) groups is 1. The smallest absolute Gasteiger partial charge is 0.222 e. The van der Waals surface area contributed by atoms with E-state index in [2.05, 4.69) is 25.3 Å². The van der Waals surface area contributed by atoms with Gasteiger partial charge in [0.1, 0.15) is 12.1 Å². The largest absolute Gasteiger partial charge is 0.391 e. The van der Waals surface area contributed by atoms with Crippen molar-refractivity contribution >= 4 is 11.7 Å². The summed E-state index contributed by atoms with van der Waals surface area (Å²) in [7, 11) is 0. The van der Waals surface area contributed by atoms with Gasteiger partial charge >= 0.3 is 0 Å². The fourth-order valence-electron chi connectivity index (χ4n) is 3.63. The first-order valence-corrected chi connectivity index (χ1v) is 9.19. The van der Waals surface area contributed by atoms with Crippen LogP contribution in [0.2, 0.25) is 0 Å². The second-order valence-corrected chi connectivity index (χ2v) is 7.14. The van der Waals surface area contributed by atoms with E-state index in [9.17, 15) is 9.90 Å². The van der Waals surface area contributed by atoms with Gasteiger partial charge in [0, 0.05) is 62.2 Å². The summed E-state index contributed by atoms with van der Waals surface area (Å²) in [4.78, 5) is 22.9. The van der Waals surface area contributed by atoms with Crippen LogP contribution in [-0.4, -0.2) is 56.0 Å². The molecule has 26 heavy (non-hydrogen) atoms. The lowest BCUT2D eigenvalue weighted by atomic mass is 9.78. The van der Waals surface area contributed by atoms with Crippen LogP contribution in [-0.2, 0) is 11.3 Å². The van der Waals surface area contributed by atoms with Crippen molar-refractivity contribution in [1.29, 1.82) is 0 Å². The van der Waals surface area contributed by atoms with E-state index in [1.807, 2.05) is 18.3 Å². The van der Waals surface area contributed by atoms with E-state index in [0.29, 0.717) is 25.4 Å². The van der Waals surface area contributed by atoms with Crippen molar-refractivity contribution in [3.8, 4) is 0 Å². The van der Waals surface area contributed by atoms with Crippen molar-refractivity contribution in [3.05, 3.63) is 36.5 Å². The Morgan fingerprint density at radius 3 is 2.96 bits per heavy atom. The average Bonchev–Trinajstić information content (AvgIpc) is 3.27. The van der Waals surface area contributed by atoms with Gasteiger partial charge in [-0.05, 0) is 25.3 Å². The highest BCUT2D eigenvalue weighted by Crippen LogP contribution is 2.36. The van der Waals surface area contributed by atoms with E-state index < -0.39 is 0 Å². The highest BCUT2D eigenvalue weighted by atomic mass is 16.3. The SMILES string of the molecule is O=C(CCn1cccn1)NC1CC(c2cc(N3CCC(O)C3)ncn2)C1. The van der Waals surface area contributed by atoms with Gasteiger partial charge in [-0.25, -0.2) is 9.97 Å². The van der Waals surface area contributed by atoms with Gasteiger partial charge in [0.2, 0.25) is 5.91 Å². The van der Waals surface area contributed by atoms with Gasteiger partial charge < -0.3 is 15.3 Å². The second-order valence-electron chi connectivity index (χ2n) is 7.14. The highest BCUT2D eigenvalue weighted by Gasteiger charge is 2.33. The maximum absolute atomic E-state index is 12.0. The summed E-state index contributed by atoms with van der Waals surface area (Å²) < 4.78 is 1.76. The average molecular weight is 356 g/mol. The number of rotatable bonds is 6. The molecule has 1 unspecified atom stereocenters. The Morgan fingerprint density at radius 2 is 2.23 bits per heavy atom. The lowest BCUT2D eigenvalue weighted by molar-refractivity contribution is -0.122. The predicted molar refractivity (Wildman–Crippen MR) is 95.6 cm³/mol. The van der Waals surface area contributed by atoms with Crippen LogP contribution in [0.4, 0.5) is 5.82 Å². The molecule has 1 aliphatic heterocycles. The van der Waals surface area contributed by atoms with Gasteiger partial charge in [-0.2, -0.15) is 5.10 Å². The van der Waals surface area contributed by atoms with E-state index in [0.717, 1.165) is 37.3 Å². The monoisotopic (exact) mass is 356 g/mol. The van der Waals surface area contributed by atoms with Crippen LogP contribution in [0.5, 0.6) is 0 Å². The maximum Gasteiger partial charge on any atom is 0.222 e. The molecule has 1 amide bonds. The number of aryl methyl sites for hydroxylation is 1. The minimum Gasteiger partial charge on any atom is -0.391 e. The first-order valence-electron chi connectivity index (χ1n) is 9.19. The zero-order valence-electron chi connectivity index (χ0n) is 14.7. The van der Waals surface area contributed by atoms with Crippen molar-refractivity contribution in [2.24, 2.45) is 0 Å². The molecule has 8 nitrogen and oxygen atoms in total. The Bertz CT molecular complexity index is 744. The minimum absolute atomic E-state index is 0.0679. The van der Waals surface area contributed by atoms with Gasteiger partial charge in [-0.3, -0.25) is 9.48 Å².